The highest BCUT2D eigenvalue weighted by atomic mass is 19.4. The number of benzene rings is 3. The van der Waals surface area contributed by atoms with Gasteiger partial charge in [0.15, 0.2) is 6.10 Å². The van der Waals surface area contributed by atoms with Gasteiger partial charge < -0.3 is 10.1 Å². The van der Waals surface area contributed by atoms with Crippen molar-refractivity contribution in [1.29, 1.82) is 0 Å². The minimum absolute atomic E-state index is 0.0136. The molecule has 0 aromatic heterocycles. The highest BCUT2D eigenvalue weighted by Gasteiger charge is 2.31. The van der Waals surface area contributed by atoms with Crippen molar-refractivity contribution in [3.63, 3.8) is 0 Å². The summed E-state index contributed by atoms with van der Waals surface area (Å²) in [5.74, 6) is 0.334. The number of nitrogens with one attached hydrogen (secondary N) is 1. The van der Waals surface area contributed by atoms with Crippen molar-refractivity contribution in [2.75, 3.05) is 0 Å². The number of hydrogen-bond acceptors (Lipinski definition) is 2. The molecule has 0 fully saturated rings. The lowest BCUT2D eigenvalue weighted by Gasteiger charge is -2.12. The molecule has 3 aromatic carbocycles. The van der Waals surface area contributed by atoms with Gasteiger partial charge in [0.1, 0.15) is 5.75 Å². The highest BCUT2D eigenvalue weighted by molar-refractivity contribution is 5.90. The third-order valence-corrected chi connectivity index (χ3v) is 4.67. The van der Waals surface area contributed by atoms with E-state index in [-0.39, 0.29) is 12.5 Å². The van der Waals surface area contributed by atoms with Crippen molar-refractivity contribution < 1.29 is 22.7 Å². The summed E-state index contributed by atoms with van der Waals surface area (Å²) in [4.78, 5) is 12.4. The van der Waals surface area contributed by atoms with Crippen molar-refractivity contribution in [1.82, 2.24) is 5.32 Å². The summed E-state index contributed by atoms with van der Waals surface area (Å²) >= 11 is 0. The number of fused-ring (bicyclic) bond motifs is 3. The molecule has 27 heavy (non-hydrogen) atoms. The van der Waals surface area contributed by atoms with Gasteiger partial charge in [0.05, 0.1) is 5.56 Å². The van der Waals surface area contributed by atoms with Crippen LogP contribution in [0.3, 0.4) is 0 Å². The molecule has 1 atom stereocenters. The van der Waals surface area contributed by atoms with Gasteiger partial charge in [-0.3, -0.25) is 4.79 Å². The van der Waals surface area contributed by atoms with E-state index < -0.39 is 17.8 Å². The minimum Gasteiger partial charge on any atom is -0.480 e. The molecule has 6 heteroatoms. The Bertz CT molecular complexity index is 1010. The maximum atomic E-state index is 12.8. The lowest BCUT2D eigenvalue weighted by Crippen LogP contribution is -2.37. The molecule has 1 heterocycles. The van der Waals surface area contributed by atoms with E-state index in [0.29, 0.717) is 17.7 Å². The average molecular weight is 371 g/mol. The van der Waals surface area contributed by atoms with Crippen LogP contribution >= 0.6 is 0 Å². The highest BCUT2D eigenvalue weighted by Crippen LogP contribution is 2.35. The maximum absolute atomic E-state index is 12.8. The largest absolute Gasteiger partial charge is 0.480 e. The summed E-state index contributed by atoms with van der Waals surface area (Å²) in [5, 5.41) is 4.79. The molecular weight excluding hydrogens is 355 g/mol. The number of carbonyl (C=O) groups excluding carboxylic acids is 1. The number of ether oxygens (including phenoxy) is 1. The molecule has 3 nitrogen and oxygen atoms in total. The van der Waals surface area contributed by atoms with E-state index in [9.17, 15) is 18.0 Å². The van der Waals surface area contributed by atoms with Gasteiger partial charge in [-0.05, 0) is 34.5 Å². The summed E-state index contributed by atoms with van der Waals surface area (Å²) < 4.78 is 44.1. The first-order chi connectivity index (χ1) is 12.9. The van der Waals surface area contributed by atoms with Crippen molar-refractivity contribution >= 4 is 16.7 Å². The van der Waals surface area contributed by atoms with Crippen LogP contribution in [0.4, 0.5) is 13.2 Å². The van der Waals surface area contributed by atoms with Crippen molar-refractivity contribution in [2.45, 2.75) is 25.2 Å². The Kier molecular flexibility index (Phi) is 4.26. The van der Waals surface area contributed by atoms with E-state index in [0.717, 1.165) is 28.5 Å². The van der Waals surface area contributed by atoms with Gasteiger partial charge in [0, 0.05) is 18.5 Å². The second kappa shape index (κ2) is 6.61. The normalized spacial score (nSPS) is 16.0. The molecule has 138 valence electrons. The predicted molar refractivity (Wildman–Crippen MR) is 95.4 cm³/mol. The predicted octanol–water partition coefficient (Wildman–Crippen LogP) is 4.48. The molecule has 1 N–H and O–H groups in total. The van der Waals surface area contributed by atoms with Crippen LogP contribution in [0.15, 0.2) is 60.7 Å². The van der Waals surface area contributed by atoms with E-state index in [1.54, 1.807) is 6.07 Å². The van der Waals surface area contributed by atoms with E-state index in [4.69, 9.17) is 4.74 Å². The number of alkyl halides is 3. The summed E-state index contributed by atoms with van der Waals surface area (Å²) in [5.41, 5.74) is 0.636. The Balaban J connectivity index is 1.45. The fourth-order valence-electron chi connectivity index (χ4n) is 3.32. The van der Waals surface area contributed by atoms with Crippen LogP contribution in [0, 0.1) is 0 Å². The molecule has 0 unspecified atom stereocenters. The Morgan fingerprint density at radius 3 is 2.70 bits per heavy atom. The number of amides is 1. The molecule has 0 spiro atoms. The Morgan fingerprint density at radius 2 is 1.89 bits per heavy atom. The molecule has 1 aliphatic rings. The fourth-order valence-corrected chi connectivity index (χ4v) is 3.32. The summed E-state index contributed by atoms with van der Waals surface area (Å²) in [6.45, 7) is 0.0136. The second-order valence-electron chi connectivity index (χ2n) is 6.49. The molecular formula is C21H16F3NO2. The average Bonchev–Trinajstić information content (AvgIpc) is 3.10. The first kappa shape index (κ1) is 17.4. The Hall–Kier alpha value is -3.02. The van der Waals surface area contributed by atoms with Gasteiger partial charge in [0.2, 0.25) is 0 Å². The molecule has 4 rings (SSSR count). The van der Waals surface area contributed by atoms with Crippen LogP contribution in [0.5, 0.6) is 5.75 Å². The maximum Gasteiger partial charge on any atom is 0.416 e. The molecule has 0 saturated carbocycles. The van der Waals surface area contributed by atoms with E-state index in [1.165, 1.54) is 6.07 Å². The van der Waals surface area contributed by atoms with Gasteiger partial charge >= 0.3 is 6.18 Å². The van der Waals surface area contributed by atoms with Crippen molar-refractivity contribution in [3.05, 3.63) is 77.4 Å². The smallest absolute Gasteiger partial charge is 0.416 e. The molecule has 0 saturated heterocycles. The SMILES string of the molecule is O=C(NCc1cccc(C(F)(F)F)c1)[C@H]1Cc2c(ccc3ccccc23)O1. The van der Waals surface area contributed by atoms with E-state index in [2.05, 4.69) is 5.32 Å². The van der Waals surface area contributed by atoms with Crippen LogP contribution in [-0.4, -0.2) is 12.0 Å². The molecule has 0 aliphatic carbocycles. The van der Waals surface area contributed by atoms with Crippen LogP contribution in [0.25, 0.3) is 10.8 Å². The molecule has 0 bridgehead atoms. The lowest BCUT2D eigenvalue weighted by molar-refractivity contribution is -0.137. The molecule has 1 aliphatic heterocycles. The van der Waals surface area contributed by atoms with Gasteiger partial charge in [-0.15, -0.1) is 0 Å². The molecule has 1 amide bonds. The second-order valence-corrected chi connectivity index (χ2v) is 6.49. The van der Waals surface area contributed by atoms with Crippen LogP contribution in [0.1, 0.15) is 16.7 Å². The van der Waals surface area contributed by atoms with Crippen LogP contribution in [-0.2, 0) is 23.9 Å². The zero-order chi connectivity index (χ0) is 19.0. The standard InChI is InChI=1S/C21H16F3NO2/c22-21(23,24)15-6-3-4-13(10-15)12-25-20(26)19-11-17-16-7-2-1-5-14(16)8-9-18(17)27-19/h1-10,19H,11-12H2,(H,25,26)/t19-/m1/s1. The fraction of sp³-hybridized carbons (Fsp3) is 0.190. The number of rotatable bonds is 3. The van der Waals surface area contributed by atoms with Crippen molar-refractivity contribution in [2.24, 2.45) is 0 Å². The zero-order valence-corrected chi connectivity index (χ0v) is 14.2. The van der Waals surface area contributed by atoms with Gasteiger partial charge in [-0.1, -0.05) is 42.5 Å². The van der Waals surface area contributed by atoms with Crippen LogP contribution < -0.4 is 10.1 Å². The Morgan fingerprint density at radius 1 is 1.07 bits per heavy atom. The van der Waals surface area contributed by atoms with E-state index >= 15 is 0 Å². The number of carbonyl (C=O) groups is 1. The first-order valence-electron chi connectivity index (χ1n) is 8.53. The number of hydrogen-bond donors (Lipinski definition) is 1. The molecule has 0 radical (unpaired) electrons. The first-order valence-corrected chi connectivity index (χ1v) is 8.53. The van der Waals surface area contributed by atoms with Crippen LogP contribution in [0.2, 0.25) is 0 Å². The van der Waals surface area contributed by atoms with Crippen molar-refractivity contribution in [3.8, 4) is 5.75 Å². The van der Waals surface area contributed by atoms with E-state index in [1.807, 2.05) is 36.4 Å². The third kappa shape index (κ3) is 3.47. The zero-order valence-electron chi connectivity index (χ0n) is 14.2. The summed E-state index contributed by atoms with van der Waals surface area (Å²) in [7, 11) is 0. The summed E-state index contributed by atoms with van der Waals surface area (Å²) in [6, 6.07) is 16.6. The van der Waals surface area contributed by atoms with Gasteiger partial charge in [-0.25, -0.2) is 0 Å². The third-order valence-electron chi connectivity index (χ3n) is 4.67. The van der Waals surface area contributed by atoms with Gasteiger partial charge in [-0.2, -0.15) is 13.2 Å². The molecule has 3 aromatic rings. The Labute approximate surface area is 153 Å². The monoisotopic (exact) mass is 371 g/mol. The summed E-state index contributed by atoms with van der Waals surface area (Å²) in [6.07, 6.45) is -4.65. The number of halogens is 3. The topological polar surface area (TPSA) is 38.3 Å². The quantitative estimate of drug-likeness (QED) is 0.737. The van der Waals surface area contributed by atoms with Gasteiger partial charge in [0.25, 0.3) is 5.91 Å². The lowest BCUT2D eigenvalue weighted by atomic mass is 10.0. The minimum atomic E-state index is -4.41.